The summed E-state index contributed by atoms with van der Waals surface area (Å²) in [4.78, 5) is 11.8. The van der Waals surface area contributed by atoms with Gasteiger partial charge >= 0.3 is 0 Å². The van der Waals surface area contributed by atoms with Crippen LogP contribution in [-0.2, 0) is 11.3 Å². The molecule has 0 saturated carbocycles. The summed E-state index contributed by atoms with van der Waals surface area (Å²) in [5.41, 5.74) is 0.547. The number of anilines is 1. The van der Waals surface area contributed by atoms with Crippen LogP contribution in [0.15, 0.2) is 15.5 Å². The molecule has 0 aliphatic rings. The van der Waals surface area contributed by atoms with Crippen molar-refractivity contribution in [2.24, 2.45) is 0 Å². The van der Waals surface area contributed by atoms with Gasteiger partial charge in [-0.1, -0.05) is 0 Å². The lowest BCUT2D eigenvalue weighted by Crippen LogP contribution is -2.23. The first kappa shape index (κ1) is 15.1. The Hall–Kier alpha value is -0.920. The van der Waals surface area contributed by atoms with Crippen LogP contribution in [0.3, 0.4) is 0 Å². The predicted molar refractivity (Wildman–Crippen MR) is 72.9 cm³/mol. The number of aliphatic hydroxyl groups is 1. The van der Waals surface area contributed by atoms with Crippen LogP contribution >= 0.6 is 15.9 Å². The molecule has 0 unspecified atom stereocenters. The molecule has 1 aromatic rings. The summed E-state index contributed by atoms with van der Waals surface area (Å²) < 4.78 is 7.01. The van der Waals surface area contributed by atoms with Gasteiger partial charge < -0.3 is 15.2 Å². The van der Waals surface area contributed by atoms with Crippen molar-refractivity contribution in [2.45, 2.75) is 19.9 Å². The Morgan fingerprint density at radius 1 is 1.56 bits per heavy atom. The van der Waals surface area contributed by atoms with E-state index < -0.39 is 0 Å². The van der Waals surface area contributed by atoms with Crippen molar-refractivity contribution in [3.8, 4) is 0 Å². The quantitative estimate of drug-likeness (QED) is 0.694. The first-order valence-electron chi connectivity index (χ1n) is 5.88. The van der Waals surface area contributed by atoms with Crippen LogP contribution in [0.5, 0.6) is 0 Å². The van der Waals surface area contributed by atoms with Crippen LogP contribution in [0.2, 0.25) is 0 Å². The zero-order valence-electron chi connectivity index (χ0n) is 10.4. The highest BCUT2D eigenvalue weighted by Gasteiger charge is 2.06. The van der Waals surface area contributed by atoms with Gasteiger partial charge in [0.05, 0.1) is 25.1 Å². The summed E-state index contributed by atoms with van der Waals surface area (Å²) in [7, 11) is 0. The Balaban J connectivity index is 2.43. The summed E-state index contributed by atoms with van der Waals surface area (Å²) in [6.07, 6.45) is 2.42. The minimum absolute atomic E-state index is 0.0398. The summed E-state index contributed by atoms with van der Waals surface area (Å²) in [6.45, 7) is 4.07. The fourth-order valence-corrected chi connectivity index (χ4v) is 1.82. The molecular weight excluding hydrogens is 302 g/mol. The first-order valence-corrected chi connectivity index (χ1v) is 6.68. The van der Waals surface area contributed by atoms with Crippen LogP contribution in [0, 0.1) is 0 Å². The van der Waals surface area contributed by atoms with Crippen molar-refractivity contribution in [1.29, 1.82) is 0 Å². The Bertz CT molecular complexity index is 422. The molecule has 2 N–H and O–H groups in total. The van der Waals surface area contributed by atoms with Gasteiger partial charge in [-0.15, -0.1) is 0 Å². The molecular formula is C11H18BrN3O3. The van der Waals surface area contributed by atoms with E-state index in [1.807, 2.05) is 6.92 Å². The molecule has 1 rings (SSSR count). The molecule has 0 amide bonds. The monoisotopic (exact) mass is 319 g/mol. The number of hydrogen-bond donors (Lipinski definition) is 2. The Kier molecular flexibility index (Phi) is 6.92. The largest absolute Gasteiger partial charge is 0.394 e. The number of aromatic nitrogens is 2. The molecule has 0 saturated heterocycles. The van der Waals surface area contributed by atoms with Gasteiger partial charge in [-0.2, -0.15) is 5.10 Å². The molecule has 0 bridgehead atoms. The van der Waals surface area contributed by atoms with Crippen molar-refractivity contribution in [2.75, 3.05) is 31.7 Å². The minimum Gasteiger partial charge on any atom is -0.394 e. The Labute approximate surface area is 114 Å². The minimum atomic E-state index is -0.140. The molecule has 0 spiro atoms. The van der Waals surface area contributed by atoms with Gasteiger partial charge in [0.25, 0.3) is 5.56 Å². The third kappa shape index (κ3) is 4.40. The van der Waals surface area contributed by atoms with E-state index in [1.165, 1.54) is 4.68 Å². The van der Waals surface area contributed by atoms with Gasteiger partial charge in [0.15, 0.2) is 0 Å². The SMILES string of the molecule is CCn1ncc(NCCCOCCO)c(Br)c1=O. The van der Waals surface area contributed by atoms with Gasteiger partial charge in [-0.25, -0.2) is 4.68 Å². The zero-order chi connectivity index (χ0) is 13.4. The lowest BCUT2D eigenvalue weighted by atomic mass is 10.4. The Morgan fingerprint density at radius 2 is 2.33 bits per heavy atom. The van der Waals surface area contributed by atoms with E-state index in [2.05, 4.69) is 26.3 Å². The highest BCUT2D eigenvalue weighted by molar-refractivity contribution is 9.10. The molecule has 102 valence electrons. The van der Waals surface area contributed by atoms with Gasteiger partial charge in [0.2, 0.25) is 0 Å². The van der Waals surface area contributed by atoms with Crippen LogP contribution in [0.1, 0.15) is 13.3 Å². The third-order valence-corrected chi connectivity index (χ3v) is 3.07. The predicted octanol–water partition coefficient (Wildman–Crippen LogP) is 0.837. The van der Waals surface area contributed by atoms with Crippen molar-refractivity contribution in [3.05, 3.63) is 21.0 Å². The highest BCUT2D eigenvalue weighted by atomic mass is 79.9. The molecule has 0 aliphatic carbocycles. The normalized spacial score (nSPS) is 10.6. The second-order valence-electron chi connectivity index (χ2n) is 3.61. The van der Waals surface area contributed by atoms with Crippen LogP contribution in [-0.4, -0.2) is 41.3 Å². The molecule has 0 radical (unpaired) electrons. The standard InChI is InChI=1S/C11H18BrN3O3/c1-2-15-11(17)10(12)9(8-14-15)13-4-3-6-18-7-5-16/h8,13,16H,2-7H2,1H3. The summed E-state index contributed by atoms with van der Waals surface area (Å²) in [5.74, 6) is 0. The molecule has 0 aromatic carbocycles. The zero-order valence-corrected chi connectivity index (χ0v) is 11.9. The first-order chi connectivity index (χ1) is 8.70. The second kappa shape index (κ2) is 8.23. The Morgan fingerprint density at radius 3 is 3.00 bits per heavy atom. The summed E-state index contributed by atoms with van der Waals surface area (Å²) in [5, 5.41) is 15.7. The number of aryl methyl sites for hydroxylation is 1. The summed E-state index contributed by atoms with van der Waals surface area (Å²) in [6, 6.07) is 0. The van der Waals surface area contributed by atoms with E-state index >= 15 is 0 Å². The fourth-order valence-electron chi connectivity index (χ4n) is 1.38. The smallest absolute Gasteiger partial charge is 0.283 e. The lowest BCUT2D eigenvalue weighted by molar-refractivity contribution is 0.0922. The number of nitrogens with one attached hydrogen (secondary N) is 1. The lowest BCUT2D eigenvalue weighted by Gasteiger charge is -2.09. The van der Waals surface area contributed by atoms with Crippen LogP contribution in [0.25, 0.3) is 0 Å². The van der Waals surface area contributed by atoms with E-state index in [4.69, 9.17) is 9.84 Å². The number of halogens is 1. The molecule has 1 aromatic heterocycles. The molecule has 1 heterocycles. The van der Waals surface area contributed by atoms with Crippen LogP contribution < -0.4 is 10.9 Å². The summed E-state index contributed by atoms with van der Waals surface area (Å²) >= 11 is 3.27. The van der Waals surface area contributed by atoms with Crippen LogP contribution in [0.4, 0.5) is 5.69 Å². The molecule has 18 heavy (non-hydrogen) atoms. The number of aliphatic hydroxyl groups excluding tert-OH is 1. The third-order valence-electron chi connectivity index (χ3n) is 2.30. The van der Waals surface area contributed by atoms with Gasteiger partial charge in [0, 0.05) is 19.7 Å². The maximum absolute atomic E-state index is 11.8. The molecule has 7 heteroatoms. The molecule has 0 aliphatic heterocycles. The molecule has 0 fully saturated rings. The topological polar surface area (TPSA) is 76.4 Å². The van der Waals surface area contributed by atoms with Crippen molar-refractivity contribution in [3.63, 3.8) is 0 Å². The average molecular weight is 320 g/mol. The van der Waals surface area contributed by atoms with E-state index in [1.54, 1.807) is 6.20 Å². The maximum Gasteiger partial charge on any atom is 0.283 e. The molecule has 6 nitrogen and oxygen atoms in total. The maximum atomic E-state index is 11.8. The molecule has 0 atom stereocenters. The average Bonchev–Trinajstić information content (AvgIpc) is 2.38. The van der Waals surface area contributed by atoms with E-state index in [-0.39, 0.29) is 12.2 Å². The number of ether oxygens (including phenoxy) is 1. The van der Waals surface area contributed by atoms with E-state index in [9.17, 15) is 4.79 Å². The van der Waals surface area contributed by atoms with Crippen molar-refractivity contribution >= 4 is 21.6 Å². The van der Waals surface area contributed by atoms with E-state index in [0.29, 0.717) is 36.5 Å². The second-order valence-corrected chi connectivity index (χ2v) is 4.40. The van der Waals surface area contributed by atoms with Crippen molar-refractivity contribution in [1.82, 2.24) is 9.78 Å². The number of rotatable bonds is 8. The fraction of sp³-hybridized carbons (Fsp3) is 0.636. The number of hydrogen-bond acceptors (Lipinski definition) is 5. The van der Waals surface area contributed by atoms with E-state index in [0.717, 1.165) is 6.42 Å². The number of nitrogens with zero attached hydrogens (tertiary/aromatic N) is 2. The van der Waals surface area contributed by atoms with Gasteiger partial charge in [0.1, 0.15) is 4.47 Å². The highest BCUT2D eigenvalue weighted by Crippen LogP contribution is 2.15. The van der Waals surface area contributed by atoms with Gasteiger partial charge in [-0.3, -0.25) is 4.79 Å². The van der Waals surface area contributed by atoms with Crippen molar-refractivity contribution < 1.29 is 9.84 Å². The van der Waals surface area contributed by atoms with Gasteiger partial charge in [-0.05, 0) is 29.3 Å².